The largest absolute Gasteiger partial charge is 0.445 e. The maximum absolute atomic E-state index is 11.6. The molecule has 2 atom stereocenters. The fourth-order valence-electron chi connectivity index (χ4n) is 2.22. The number of carbonyl (C=O) groups excluding carboxylic acids is 1. The number of ether oxygens (including phenoxy) is 1. The number of halogens is 1. The molecule has 0 aliphatic heterocycles. The average Bonchev–Trinajstić information content (AvgIpc) is 2.62. The number of amides is 1. The molecule has 0 saturated carbocycles. The first kappa shape index (κ1) is 19.1. The van der Waals surface area contributed by atoms with Gasteiger partial charge >= 0.3 is 6.09 Å². The predicted octanol–water partition coefficient (Wildman–Crippen LogP) is 2.63. The van der Waals surface area contributed by atoms with E-state index in [0.29, 0.717) is 16.3 Å². The van der Waals surface area contributed by atoms with Gasteiger partial charge in [-0.15, -0.1) is 0 Å². The van der Waals surface area contributed by atoms with Crippen molar-refractivity contribution in [1.29, 1.82) is 0 Å². The Morgan fingerprint density at radius 2 is 1.92 bits per heavy atom. The molecule has 2 rings (SSSR count). The summed E-state index contributed by atoms with van der Waals surface area (Å²) in [5.74, 6) is 0. The maximum atomic E-state index is 11.6. The quantitative estimate of drug-likeness (QED) is 0.565. The SMILES string of the molecule is Nc1cc(C(O)C(O)CCNC(=O)OCc2ccccc2)ccc1Cl. The molecule has 1 amide bonds. The first-order valence-electron chi connectivity index (χ1n) is 7.83. The lowest BCUT2D eigenvalue weighted by Gasteiger charge is -2.19. The monoisotopic (exact) mass is 364 g/mol. The van der Waals surface area contributed by atoms with Crippen LogP contribution in [0.15, 0.2) is 48.5 Å². The number of hydrogen-bond donors (Lipinski definition) is 4. The molecule has 2 aromatic rings. The van der Waals surface area contributed by atoms with E-state index in [4.69, 9.17) is 22.1 Å². The highest BCUT2D eigenvalue weighted by molar-refractivity contribution is 6.33. The van der Waals surface area contributed by atoms with Gasteiger partial charge in [0.05, 0.1) is 16.8 Å². The molecule has 6 nitrogen and oxygen atoms in total. The molecule has 0 heterocycles. The Balaban J connectivity index is 1.72. The van der Waals surface area contributed by atoms with Gasteiger partial charge in [-0.05, 0) is 29.7 Å². The molecule has 0 saturated heterocycles. The molecule has 2 unspecified atom stereocenters. The zero-order valence-electron chi connectivity index (χ0n) is 13.6. The second-order valence-corrected chi connectivity index (χ2v) is 5.98. The smallest absolute Gasteiger partial charge is 0.407 e. The highest BCUT2D eigenvalue weighted by Crippen LogP contribution is 2.25. The van der Waals surface area contributed by atoms with Crippen LogP contribution in [0, 0.1) is 0 Å². The summed E-state index contributed by atoms with van der Waals surface area (Å²) >= 11 is 5.83. The number of hydrogen-bond acceptors (Lipinski definition) is 5. The Kier molecular flexibility index (Phi) is 7.06. The number of nitrogens with one attached hydrogen (secondary N) is 1. The molecule has 7 heteroatoms. The number of aliphatic hydroxyl groups is 2. The molecule has 0 fully saturated rings. The lowest BCUT2D eigenvalue weighted by atomic mass is 10.0. The zero-order valence-corrected chi connectivity index (χ0v) is 14.3. The number of alkyl carbamates (subject to hydrolysis) is 1. The minimum Gasteiger partial charge on any atom is -0.445 e. The minimum absolute atomic E-state index is 0.157. The van der Waals surface area contributed by atoms with E-state index in [-0.39, 0.29) is 19.6 Å². The Morgan fingerprint density at radius 3 is 2.60 bits per heavy atom. The summed E-state index contributed by atoms with van der Waals surface area (Å²) in [7, 11) is 0. The summed E-state index contributed by atoms with van der Waals surface area (Å²) in [6.45, 7) is 0.330. The molecule has 0 aliphatic rings. The first-order valence-corrected chi connectivity index (χ1v) is 8.21. The molecule has 0 aliphatic carbocycles. The molecule has 0 bridgehead atoms. The summed E-state index contributed by atoms with van der Waals surface area (Å²) in [5.41, 5.74) is 7.35. The number of aliphatic hydroxyl groups excluding tert-OH is 2. The minimum atomic E-state index is -1.12. The van der Waals surface area contributed by atoms with E-state index in [0.717, 1.165) is 5.56 Å². The summed E-state index contributed by atoms with van der Waals surface area (Å²) in [4.78, 5) is 11.6. The van der Waals surface area contributed by atoms with Gasteiger partial charge in [-0.1, -0.05) is 48.0 Å². The van der Waals surface area contributed by atoms with Crippen molar-refractivity contribution < 1.29 is 19.7 Å². The lowest BCUT2D eigenvalue weighted by Crippen LogP contribution is -2.29. The molecule has 0 radical (unpaired) electrons. The van der Waals surface area contributed by atoms with Gasteiger partial charge < -0.3 is 26.0 Å². The van der Waals surface area contributed by atoms with Crippen LogP contribution in [0.1, 0.15) is 23.7 Å². The number of nitrogens with two attached hydrogens (primary N) is 1. The topological polar surface area (TPSA) is 105 Å². The predicted molar refractivity (Wildman–Crippen MR) is 96.1 cm³/mol. The van der Waals surface area contributed by atoms with Gasteiger partial charge in [-0.2, -0.15) is 0 Å². The van der Waals surface area contributed by atoms with Crippen LogP contribution in [-0.2, 0) is 11.3 Å². The lowest BCUT2D eigenvalue weighted by molar-refractivity contribution is 0.0137. The molecule has 0 spiro atoms. The second kappa shape index (κ2) is 9.27. The Labute approximate surface area is 151 Å². The summed E-state index contributed by atoms with van der Waals surface area (Å²) < 4.78 is 5.06. The van der Waals surface area contributed by atoms with E-state index >= 15 is 0 Å². The van der Waals surface area contributed by atoms with Gasteiger partial charge in [0.2, 0.25) is 0 Å². The maximum Gasteiger partial charge on any atom is 0.407 e. The molecule has 2 aromatic carbocycles. The Morgan fingerprint density at radius 1 is 1.20 bits per heavy atom. The summed E-state index contributed by atoms with van der Waals surface area (Å²) in [5, 5.41) is 23.1. The van der Waals surface area contributed by atoms with Crippen molar-refractivity contribution >= 4 is 23.4 Å². The van der Waals surface area contributed by atoms with E-state index < -0.39 is 18.3 Å². The molecule has 0 aromatic heterocycles. The summed E-state index contributed by atoms with van der Waals surface area (Å²) in [6.07, 6.45) is -2.61. The second-order valence-electron chi connectivity index (χ2n) is 5.57. The summed E-state index contributed by atoms with van der Waals surface area (Å²) in [6, 6.07) is 14.0. The van der Waals surface area contributed by atoms with Crippen LogP contribution in [0.4, 0.5) is 10.5 Å². The van der Waals surface area contributed by atoms with Crippen LogP contribution >= 0.6 is 11.6 Å². The van der Waals surface area contributed by atoms with Crippen molar-refractivity contribution in [3.8, 4) is 0 Å². The van der Waals surface area contributed by atoms with Crippen LogP contribution in [0.3, 0.4) is 0 Å². The standard InChI is InChI=1S/C18H21ClN2O4/c19-14-7-6-13(10-15(14)20)17(23)16(22)8-9-21-18(24)25-11-12-4-2-1-3-5-12/h1-7,10,16-17,22-23H,8-9,11,20H2,(H,21,24). The third kappa shape index (κ3) is 5.94. The van der Waals surface area contributed by atoms with Gasteiger partial charge in [-0.3, -0.25) is 0 Å². The van der Waals surface area contributed by atoms with E-state index in [1.165, 1.54) is 6.07 Å². The fourth-order valence-corrected chi connectivity index (χ4v) is 2.34. The number of rotatable bonds is 7. The van der Waals surface area contributed by atoms with Gasteiger partial charge in [0.1, 0.15) is 12.7 Å². The van der Waals surface area contributed by atoms with Gasteiger partial charge in [0, 0.05) is 6.54 Å². The third-order valence-corrected chi connectivity index (χ3v) is 3.99. The van der Waals surface area contributed by atoms with E-state index in [9.17, 15) is 15.0 Å². The van der Waals surface area contributed by atoms with Gasteiger partial charge in [0.15, 0.2) is 0 Å². The molecule has 5 N–H and O–H groups in total. The highest BCUT2D eigenvalue weighted by Gasteiger charge is 2.19. The normalized spacial score (nSPS) is 13.1. The van der Waals surface area contributed by atoms with Crippen LogP contribution in [0.2, 0.25) is 5.02 Å². The van der Waals surface area contributed by atoms with Crippen molar-refractivity contribution in [2.45, 2.75) is 25.2 Å². The van der Waals surface area contributed by atoms with Crippen molar-refractivity contribution in [2.75, 3.05) is 12.3 Å². The third-order valence-electron chi connectivity index (χ3n) is 3.65. The molecule has 25 heavy (non-hydrogen) atoms. The zero-order chi connectivity index (χ0) is 18.2. The van der Waals surface area contributed by atoms with E-state index in [2.05, 4.69) is 5.32 Å². The Bertz CT molecular complexity index is 697. The highest BCUT2D eigenvalue weighted by atomic mass is 35.5. The van der Waals surface area contributed by atoms with Crippen LogP contribution in [-0.4, -0.2) is 29.0 Å². The molecular weight excluding hydrogens is 344 g/mol. The fraction of sp³-hybridized carbons (Fsp3) is 0.278. The van der Waals surface area contributed by atoms with Crippen molar-refractivity contribution in [1.82, 2.24) is 5.32 Å². The first-order chi connectivity index (χ1) is 12.0. The van der Waals surface area contributed by atoms with Crippen molar-refractivity contribution in [2.24, 2.45) is 0 Å². The molecule has 134 valence electrons. The number of carbonyl (C=O) groups is 1. The van der Waals surface area contributed by atoms with Crippen LogP contribution in [0.5, 0.6) is 0 Å². The van der Waals surface area contributed by atoms with Gasteiger partial charge in [0.25, 0.3) is 0 Å². The van der Waals surface area contributed by atoms with Crippen LogP contribution in [0.25, 0.3) is 0 Å². The van der Waals surface area contributed by atoms with Crippen molar-refractivity contribution in [3.05, 3.63) is 64.7 Å². The van der Waals surface area contributed by atoms with Gasteiger partial charge in [-0.25, -0.2) is 4.79 Å². The van der Waals surface area contributed by atoms with E-state index in [1.807, 2.05) is 30.3 Å². The number of nitrogen functional groups attached to an aromatic ring is 1. The Hall–Kier alpha value is -2.28. The van der Waals surface area contributed by atoms with Crippen LogP contribution < -0.4 is 11.1 Å². The number of anilines is 1. The molecular formula is C18H21ClN2O4. The average molecular weight is 365 g/mol. The van der Waals surface area contributed by atoms with Crippen molar-refractivity contribution in [3.63, 3.8) is 0 Å². The number of benzene rings is 2. The van der Waals surface area contributed by atoms with E-state index in [1.54, 1.807) is 12.1 Å².